The molecule has 0 saturated carbocycles. The fourth-order valence-electron chi connectivity index (χ4n) is 3.44. The molecule has 2 rings (SSSR count). The van der Waals surface area contributed by atoms with Crippen molar-refractivity contribution in [3.63, 3.8) is 0 Å². The molecule has 5 heteroatoms. The van der Waals surface area contributed by atoms with Gasteiger partial charge in [-0.25, -0.2) is 4.39 Å². The van der Waals surface area contributed by atoms with Crippen molar-refractivity contribution in [3.05, 3.63) is 35.6 Å². The third-order valence-corrected chi connectivity index (χ3v) is 5.04. The molecule has 0 bridgehead atoms. The summed E-state index contributed by atoms with van der Waals surface area (Å²) in [5.74, 6) is 0.610. The highest BCUT2D eigenvalue weighted by Crippen LogP contribution is 2.22. The van der Waals surface area contributed by atoms with Crippen LogP contribution in [-0.4, -0.2) is 55.5 Å². The number of likely N-dealkylation sites (N-methyl/N-ethyl adjacent to an activating group) is 1. The molecule has 0 radical (unpaired) electrons. The first kappa shape index (κ1) is 18.9. The van der Waals surface area contributed by atoms with E-state index < -0.39 is 0 Å². The molecule has 1 atom stereocenters. The van der Waals surface area contributed by atoms with Gasteiger partial charge in [0.2, 0.25) is 5.91 Å². The third kappa shape index (κ3) is 5.28. The van der Waals surface area contributed by atoms with Crippen LogP contribution in [0.1, 0.15) is 31.7 Å². The summed E-state index contributed by atoms with van der Waals surface area (Å²) in [6, 6.07) is 6.33. The second kappa shape index (κ2) is 9.14. The number of hydrogen-bond acceptors (Lipinski definition) is 3. The molecule has 0 aromatic heterocycles. The molecule has 1 saturated heterocycles. The SMILES string of the molecule is CNCCC1CCN(C(C)C(=O)N(C)Cc2cccc(F)c2)CC1. The topological polar surface area (TPSA) is 35.6 Å². The van der Waals surface area contributed by atoms with Gasteiger partial charge in [-0.2, -0.15) is 0 Å². The zero-order valence-electron chi connectivity index (χ0n) is 15.1. The van der Waals surface area contributed by atoms with Crippen molar-refractivity contribution in [1.82, 2.24) is 15.1 Å². The van der Waals surface area contributed by atoms with Gasteiger partial charge in [0, 0.05) is 13.6 Å². The Hall–Kier alpha value is -1.46. The van der Waals surface area contributed by atoms with Crippen molar-refractivity contribution in [2.24, 2.45) is 5.92 Å². The van der Waals surface area contributed by atoms with Crippen molar-refractivity contribution < 1.29 is 9.18 Å². The van der Waals surface area contributed by atoms with Crippen molar-refractivity contribution in [2.75, 3.05) is 33.7 Å². The maximum atomic E-state index is 13.3. The monoisotopic (exact) mass is 335 g/mol. The highest BCUT2D eigenvalue weighted by atomic mass is 19.1. The summed E-state index contributed by atoms with van der Waals surface area (Å²) in [6.45, 7) is 5.46. The van der Waals surface area contributed by atoms with Crippen LogP contribution in [-0.2, 0) is 11.3 Å². The number of carbonyl (C=O) groups is 1. The molecule has 1 heterocycles. The van der Waals surface area contributed by atoms with Gasteiger partial charge in [0.15, 0.2) is 0 Å². The Labute approximate surface area is 145 Å². The highest BCUT2D eigenvalue weighted by Gasteiger charge is 2.28. The number of nitrogens with zero attached hydrogens (tertiary/aromatic N) is 2. The van der Waals surface area contributed by atoms with Gasteiger partial charge in [0.1, 0.15) is 5.82 Å². The van der Waals surface area contributed by atoms with Crippen LogP contribution in [0.15, 0.2) is 24.3 Å². The van der Waals surface area contributed by atoms with Gasteiger partial charge < -0.3 is 10.2 Å². The van der Waals surface area contributed by atoms with Gasteiger partial charge in [-0.1, -0.05) is 12.1 Å². The van der Waals surface area contributed by atoms with Crippen LogP contribution in [0.5, 0.6) is 0 Å². The predicted molar refractivity (Wildman–Crippen MR) is 95.2 cm³/mol. The van der Waals surface area contributed by atoms with Crippen molar-refractivity contribution in [3.8, 4) is 0 Å². The van der Waals surface area contributed by atoms with E-state index in [0.717, 1.165) is 44.0 Å². The van der Waals surface area contributed by atoms with Crippen LogP contribution in [0.4, 0.5) is 4.39 Å². The minimum absolute atomic E-state index is 0.105. The van der Waals surface area contributed by atoms with Crippen molar-refractivity contribution >= 4 is 5.91 Å². The van der Waals surface area contributed by atoms with Crippen LogP contribution in [0.3, 0.4) is 0 Å². The lowest BCUT2D eigenvalue weighted by Crippen LogP contribution is -2.48. The van der Waals surface area contributed by atoms with E-state index >= 15 is 0 Å². The molecule has 0 spiro atoms. The molecule has 24 heavy (non-hydrogen) atoms. The molecular formula is C19H30FN3O. The van der Waals surface area contributed by atoms with E-state index in [1.165, 1.54) is 18.6 Å². The normalized spacial score (nSPS) is 17.7. The number of benzene rings is 1. The second-order valence-corrected chi connectivity index (χ2v) is 6.87. The zero-order chi connectivity index (χ0) is 17.5. The van der Waals surface area contributed by atoms with E-state index in [4.69, 9.17) is 0 Å². The standard InChI is InChI=1S/C19H30FN3O/c1-15(23-11-8-16(9-12-23)7-10-21-2)19(24)22(3)14-17-5-4-6-18(20)13-17/h4-6,13,15-16,21H,7-12,14H2,1-3H3. The van der Waals surface area contributed by atoms with Gasteiger partial charge in [-0.3, -0.25) is 9.69 Å². The molecular weight excluding hydrogens is 305 g/mol. The highest BCUT2D eigenvalue weighted by molar-refractivity contribution is 5.81. The smallest absolute Gasteiger partial charge is 0.239 e. The van der Waals surface area contributed by atoms with Crippen LogP contribution in [0.25, 0.3) is 0 Å². The number of piperidine rings is 1. The molecule has 1 aliphatic rings. The summed E-state index contributed by atoms with van der Waals surface area (Å²) in [5, 5.41) is 3.21. The van der Waals surface area contributed by atoms with E-state index in [2.05, 4.69) is 10.2 Å². The summed E-state index contributed by atoms with van der Waals surface area (Å²) in [7, 11) is 3.79. The Morgan fingerprint density at radius 1 is 1.42 bits per heavy atom. The molecule has 134 valence electrons. The second-order valence-electron chi connectivity index (χ2n) is 6.87. The Morgan fingerprint density at radius 2 is 2.12 bits per heavy atom. The number of likely N-dealkylation sites (tertiary alicyclic amines) is 1. The van der Waals surface area contributed by atoms with Gasteiger partial charge in [-0.15, -0.1) is 0 Å². The average Bonchev–Trinajstić information content (AvgIpc) is 2.59. The van der Waals surface area contributed by atoms with Crippen LogP contribution in [0.2, 0.25) is 0 Å². The molecule has 1 aromatic rings. The van der Waals surface area contributed by atoms with Gasteiger partial charge >= 0.3 is 0 Å². The van der Waals surface area contributed by atoms with Crippen molar-refractivity contribution in [2.45, 2.75) is 38.8 Å². The summed E-state index contributed by atoms with van der Waals surface area (Å²) in [4.78, 5) is 16.6. The predicted octanol–water partition coefficient (Wildman–Crippen LogP) is 2.49. The quantitative estimate of drug-likeness (QED) is 0.832. The number of hydrogen-bond donors (Lipinski definition) is 1. The molecule has 1 N–H and O–H groups in total. The largest absolute Gasteiger partial charge is 0.340 e. The molecule has 1 fully saturated rings. The Morgan fingerprint density at radius 3 is 2.75 bits per heavy atom. The van der Waals surface area contributed by atoms with Gasteiger partial charge in [0.25, 0.3) is 0 Å². The van der Waals surface area contributed by atoms with E-state index in [1.807, 2.05) is 20.0 Å². The van der Waals surface area contributed by atoms with Crippen LogP contribution >= 0.6 is 0 Å². The minimum Gasteiger partial charge on any atom is -0.340 e. The molecule has 0 aliphatic carbocycles. The summed E-state index contributed by atoms with van der Waals surface area (Å²) >= 11 is 0. The maximum absolute atomic E-state index is 13.3. The fourth-order valence-corrected chi connectivity index (χ4v) is 3.44. The summed E-state index contributed by atoms with van der Waals surface area (Å²) in [5.41, 5.74) is 0.823. The summed E-state index contributed by atoms with van der Waals surface area (Å²) < 4.78 is 13.3. The molecule has 1 aliphatic heterocycles. The average molecular weight is 335 g/mol. The Balaban J connectivity index is 1.83. The Bertz CT molecular complexity index is 529. The lowest BCUT2D eigenvalue weighted by atomic mass is 9.92. The Kier molecular flexibility index (Phi) is 7.18. The number of carbonyl (C=O) groups excluding carboxylic acids is 1. The first-order chi connectivity index (χ1) is 11.5. The minimum atomic E-state index is -0.259. The van der Waals surface area contributed by atoms with Gasteiger partial charge in [0.05, 0.1) is 6.04 Å². The molecule has 4 nitrogen and oxygen atoms in total. The maximum Gasteiger partial charge on any atom is 0.239 e. The third-order valence-electron chi connectivity index (χ3n) is 5.04. The summed E-state index contributed by atoms with van der Waals surface area (Å²) in [6.07, 6.45) is 3.53. The van der Waals surface area contributed by atoms with Crippen LogP contribution in [0, 0.1) is 11.7 Å². The molecule has 1 aromatic carbocycles. The number of amides is 1. The van der Waals surface area contributed by atoms with E-state index in [-0.39, 0.29) is 17.8 Å². The lowest BCUT2D eigenvalue weighted by molar-refractivity contribution is -0.136. The van der Waals surface area contributed by atoms with Crippen LogP contribution < -0.4 is 5.32 Å². The van der Waals surface area contributed by atoms with E-state index in [9.17, 15) is 9.18 Å². The van der Waals surface area contributed by atoms with Crippen molar-refractivity contribution in [1.29, 1.82) is 0 Å². The first-order valence-electron chi connectivity index (χ1n) is 8.89. The number of halogens is 1. The van der Waals surface area contributed by atoms with E-state index in [0.29, 0.717) is 6.54 Å². The molecule has 1 amide bonds. The fraction of sp³-hybridized carbons (Fsp3) is 0.632. The lowest BCUT2D eigenvalue weighted by Gasteiger charge is -2.36. The molecule has 1 unspecified atom stereocenters. The zero-order valence-corrected chi connectivity index (χ0v) is 15.1. The number of rotatable bonds is 7. The van der Waals surface area contributed by atoms with Gasteiger partial charge in [-0.05, 0) is 76.5 Å². The van der Waals surface area contributed by atoms with E-state index in [1.54, 1.807) is 18.0 Å². The number of nitrogens with one attached hydrogen (secondary N) is 1. The first-order valence-corrected chi connectivity index (χ1v) is 8.89.